The summed E-state index contributed by atoms with van der Waals surface area (Å²) in [5.74, 6) is 0.983. The molecule has 0 unspecified atom stereocenters. The topological polar surface area (TPSA) is 111 Å². The molecule has 1 aliphatic rings. The van der Waals surface area contributed by atoms with E-state index < -0.39 is 11.7 Å². The van der Waals surface area contributed by atoms with E-state index in [1.165, 1.54) is 6.20 Å². The molecule has 3 rings (SSSR count). The Labute approximate surface area is 145 Å². The maximum absolute atomic E-state index is 12.1. The minimum atomic E-state index is -1.39. The Morgan fingerprint density at radius 2 is 2.20 bits per heavy atom. The number of hydrogen-bond acceptors (Lipinski definition) is 7. The van der Waals surface area contributed by atoms with Crippen LogP contribution < -0.4 is 10.2 Å². The first-order valence-corrected chi connectivity index (χ1v) is 8.12. The average Bonchev–Trinajstić information content (AvgIpc) is 2.63. The maximum atomic E-state index is 12.1. The van der Waals surface area contributed by atoms with Crippen molar-refractivity contribution in [1.29, 1.82) is 0 Å². The number of aliphatic hydroxyl groups is 2. The highest BCUT2D eigenvalue weighted by molar-refractivity contribution is 5.92. The van der Waals surface area contributed by atoms with Gasteiger partial charge >= 0.3 is 0 Å². The summed E-state index contributed by atoms with van der Waals surface area (Å²) >= 11 is 0. The van der Waals surface area contributed by atoms with Crippen molar-refractivity contribution in [1.82, 2.24) is 20.3 Å². The molecule has 2 atom stereocenters. The van der Waals surface area contributed by atoms with Crippen LogP contribution in [-0.2, 0) is 0 Å². The molecule has 0 aliphatic carbocycles. The number of β-amino-alcohol motifs (C(OH)–C–C–N with tert-alkyl or cyclic N) is 1. The monoisotopic (exact) mass is 343 g/mol. The Morgan fingerprint density at radius 1 is 1.36 bits per heavy atom. The van der Waals surface area contributed by atoms with Crippen molar-refractivity contribution in [3.63, 3.8) is 0 Å². The third kappa shape index (κ3) is 3.92. The van der Waals surface area contributed by atoms with Crippen molar-refractivity contribution in [2.75, 3.05) is 24.5 Å². The molecular formula is C17H21N5O3. The molecule has 3 N–H and O–H groups in total. The molecule has 0 spiro atoms. The van der Waals surface area contributed by atoms with Gasteiger partial charge in [-0.2, -0.15) is 0 Å². The van der Waals surface area contributed by atoms with E-state index in [1.807, 2.05) is 4.90 Å². The molecule has 8 nitrogen and oxygen atoms in total. The lowest BCUT2D eigenvalue weighted by Crippen LogP contribution is -2.60. The largest absolute Gasteiger partial charge is 0.388 e. The number of aliphatic hydroxyl groups excluding tert-OH is 1. The van der Waals surface area contributed by atoms with Crippen LogP contribution in [0, 0.1) is 6.92 Å². The van der Waals surface area contributed by atoms with Gasteiger partial charge in [0, 0.05) is 32.0 Å². The van der Waals surface area contributed by atoms with Crippen LogP contribution in [0.1, 0.15) is 22.7 Å². The number of pyridine rings is 1. The van der Waals surface area contributed by atoms with Crippen LogP contribution in [-0.4, -0.2) is 62.4 Å². The summed E-state index contributed by atoms with van der Waals surface area (Å²) in [6.45, 7) is 2.50. The molecule has 8 heteroatoms. The molecule has 25 heavy (non-hydrogen) atoms. The SMILES string of the molecule is Cc1nccc(N2CC[C@@](O)(CNC(=O)c3ccccn3)[C@H](O)C2)n1. The van der Waals surface area contributed by atoms with Crippen molar-refractivity contribution in [3.8, 4) is 0 Å². The van der Waals surface area contributed by atoms with Gasteiger partial charge in [0.25, 0.3) is 5.91 Å². The number of rotatable bonds is 4. The number of carbonyl (C=O) groups is 1. The van der Waals surface area contributed by atoms with Crippen LogP contribution in [0.3, 0.4) is 0 Å². The van der Waals surface area contributed by atoms with E-state index in [1.54, 1.807) is 37.4 Å². The fourth-order valence-corrected chi connectivity index (χ4v) is 2.82. The third-order valence-electron chi connectivity index (χ3n) is 4.37. The molecule has 2 aromatic rings. The van der Waals surface area contributed by atoms with E-state index in [4.69, 9.17) is 0 Å². The van der Waals surface area contributed by atoms with Crippen molar-refractivity contribution in [3.05, 3.63) is 48.2 Å². The Bertz CT molecular complexity index is 742. The number of aryl methyl sites for hydroxylation is 1. The molecule has 0 radical (unpaired) electrons. The van der Waals surface area contributed by atoms with Gasteiger partial charge in [0.15, 0.2) is 0 Å². The van der Waals surface area contributed by atoms with Gasteiger partial charge in [-0.25, -0.2) is 9.97 Å². The molecule has 1 aliphatic heterocycles. The number of nitrogens with zero attached hydrogens (tertiary/aromatic N) is 4. The quantitative estimate of drug-likeness (QED) is 0.711. The highest BCUT2D eigenvalue weighted by Crippen LogP contribution is 2.25. The lowest BCUT2D eigenvalue weighted by Gasteiger charge is -2.42. The number of hydrogen-bond donors (Lipinski definition) is 3. The zero-order chi connectivity index (χ0) is 17.9. The van der Waals surface area contributed by atoms with Gasteiger partial charge in [-0.15, -0.1) is 0 Å². The Kier molecular flexibility index (Phi) is 4.91. The minimum absolute atomic E-state index is 0.0415. The van der Waals surface area contributed by atoms with Crippen LogP contribution in [0.4, 0.5) is 5.82 Å². The van der Waals surface area contributed by atoms with Gasteiger partial charge in [0.2, 0.25) is 0 Å². The normalized spacial score (nSPS) is 23.3. The Hall–Kier alpha value is -2.58. The molecule has 1 saturated heterocycles. The Morgan fingerprint density at radius 3 is 2.88 bits per heavy atom. The second kappa shape index (κ2) is 7.12. The summed E-state index contributed by atoms with van der Waals surface area (Å²) in [4.78, 5) is 26.3. The molecule has 0 bridgehead atoms. The Balaban J connectivity index is 1.61. The zero-order valence-corrected chi connectivity index (χ0v) is 14.0. The number of aromatic nitrogens is 3. The van der Waals surface area contributed by atoms with Crippen LogP contribution in [0.15, 0.2) is 36.7 Å². The van der Waals surface area contributed by atoms with Crippen molar-refractivity contribution >= 4 is 11.7 Å². The van der Waals surface area contributed by atoms with E-state index in [9.17, 15) is 15.0 Å². The van der Waals surface area contributed by atoms with Crippen molar-refractivity contribution < 1.29 is 15.0 Å². The summed E-state index contributed by atoms with van der Waals surface area (Å²) < 4.78 is 0. The lowest BCUT2D eigenvalue weighted by atomic mass is 9.88. The highest BCUT2D eigenvalue weighted by Gasteiger charge is 2.41. The first kappa shape index (κ1) is 17.2. The van der Waals surface area contributed by atoms with Gasteiger partial charge in [-0.1, -0.05) is 6.07 Å². The molecule has 1 amide bonds. The van der Waals surface area contributed by atoms with Crippen LogP contribution in [0.25, 0.3) is 0 Å². The first-order valence-electron chi connectivity index (χ1n) is 8.12. The van der Waals surface area contributed by atoms with Gasteiger partial charge in [0.05, 0.1) is 0 Å². The summed E-state index contributed by atoms with van der Waals surface area (Å²) in [7, 11) is 0. The second-order valence-electron chi connectivity index (χ2n) is 6.18. The maximum Gasteiger partial charge on any atom is 0.269 e. The summed E-state index contributed by atoms with van der Waals surface area (Å²) in [5, 5.41) is 23.8. The molecule has 132 valence electrons. The smallest absolute Gasteiger partial charge is 0.269 e. The van der Waals surface area contributed by atoms with Gasteiger partial charge in [-0.3, -0.25) is 9.78 Å². The van der Waals surface area contributed by atoms with E-state index in [0.717, 1.165) is 0 Å². The lowest BCUT2D eigenvalue weighted by molar-refractivity contribution is -0.0825. The molecule has 0 saturated carbocycles. The number of piperidine rings is 1. The molecule has 3 heterocycles. The highest BCUT2D eigenvalue weighted by atomic mass is 16.3. The van der Waals surface area contributed by atoms with Crippen LogP contribution in [0.5, 0.6) is 0 Å². The minimum Gasteiger partial charge on any atom is -0.388 e. The summed E-state index contributed by atoms with van der Waals surface area (Å²) in [6, 6.07) is 6.80. The zero-order valence-electron chi connectivity index (χ0n) is 14.0. The number of amides is 1. The summed E-state index contributed by atoms with van der Waals surface area (Å²) in [6.07, 6.45) is 2.48. The van der Waals surface area contributed by atoms with E-state index in [0.29, 0.717) is 24.6 Å². The molecule has 1 fully saturated rings. The number of nitrogens with one attached hydrogen (secondary N) is 1. The molecule has 2 aromatic heterocycles. The van der Waals surface area contributed by atoms with E-state index in [-0.39, 0.29) is 24.7 Å². The van der Waals surface area contributed by atoms with E-state index in [2.05, 4.69) is 20.3 Å². The van der Waals surface area contributed by atoms with Gasteiger partial charge in [0.1, 0.15) is 29.0 Å². The average molecular weight is 343 g/mol. The van der Waals surface area contributed by atoms with Crippen LogP contribution in [0.2, 0.25) is 0 Å². The summed E-state index contributed by atoms with van der Waals surface area (Å²) in [5.41, 5.74) is -1.11. The standard InChI is InChI=1S/C17H21N5O3/c1-12-18-8-5-15(21-12)22-9-6-17(25,14(23)10-22)11-20-16(24)13-4-2-3-7-19-13/h2-5,7-8,14,23,25H,6,9-11H2,1H3,(H,20,24)/t14-,17-/m1/s1. The van der Waals surface area contributed by atoms with Gasteiger partial charge in [-0.05, 0) is 31.5 Å². The number of carbonyl (C=O) groups excluding carboxylic acids is 1. The van der Waals surface area contributed by atoms with Crippen molar-refractivity contribution in [2.45, 2.75) is 25.0 Å². The number of anilines is 1. The first-order chi connectivity index (χ1) is 12.0. The predicted octanol–water partition coefficient (Wildman–Crippen LogP) is -0.0879. The van der Waals surface area contributed by atoms with Gasteiger partial charge < -0.3 is 20.4 Å². The van der Waals surface area contributed by atoms with Crippen LogP contribution >= 0.6 is 0 Å². The predicted molar refractivity (Wildman–Crippen MR) is 91.1 cm³/mol. The molecular weight excluding hydrogens is 322 g/mol. The molecule has 0 aromatic carbocycles. The fraction of sp³-hybridized carbons (Fsp3) is 0.412. The third-order valence-corrected chi connectivity index (χ3v) is 4.37. The fourth-order valence-electron chi connectivity index (χ4n) is 2.82. The van der Waals surface area contributed by atoms with E-state index >= 15 is 0 Å². The second-order valence-corrected chi connectivity index (χ2v) is 6.18. The van der Waals surface area contributed by atoms with Crippen molar-refractivity contribution in [2.24, 2.45) is 0 Å².